The number of carbonyl (C=O) groups is 2. The average molecular weight is 348 g/mol. The Morgan fingerprint density at radius 2 is 1.54 bits per heavy atom. The van der Waals surface area contributed by atoms with Gasteiger partial charge in [-0.2, -0.15) is 12.7 Å². The lowest BCUT2D eigenvalue weighted by Gasteiger charge is -2.27. The minimum atomic E-state index is -3.85. The molecule has 2 aromatic rings. The van der Waals surface area contributed by atoms with Crippen molar-refractivity contribution in [2.75, 3.05) is 27.2 Å². The molecule has 3 rings (SSSR count). The van der Waals surface area contributed by atoms with Crippen LogP contribution >= 0.6 is 0 Å². The molecule has 0 radical (unpaired) electrons. The Morgan fingerprint density at radius 3 is 2.04 bits per heavy atom. The maximum Gasteiger partial charge on any atom is 0.337 e. The van der Waals surface area contributed by atoms with E-state index in [1.807, 2.05) is 12.1 Å². The Kier molecular flexibility index (Phi) is 4.12. The van der Waals surface area contributed by atoms with E-state index in [1.165, 1.54) is 14.1 Å². The van der Waals surface area contributed by atoms with Crippen LogP contribution in [0.15, 0.2) is 36.4 Å². The topological polar surface area (TPSA) is 84.0 Å². The lowest BCUT2D eigenvalue weighted by atomic mass is 9.94. The number of carbonyl (C=O) groups excluding carboxylic acids is 2. The summed E-state index contributed by atoms with van der Waals surface area (Å²) in [6.45, 7) is -0.439. The summed E-state index contributed by atoms with van der Waals surface area (Å²) in [5, 5.41) is 1.45. The van der Waals surface area contributed by atoms with E-state index in [4.69, 9.17) is 4.18 Å². The number of nitrogens with zero attached hydrogens (tertiary/aromatic N) is 2. The van der Waals surface area contributed by atoms with Crippen molar-refractivity contribution in [2.45, 2.75) is 0 Å². The summed E-state index contributed by atoms with van der Waals surface area (Å²) in [5.41, 5.74) is 0.858. The number of hydrogen-bond donors (Lipinski definition) is 0. The molecule has 2 amide bonds. The van der Waals surface area contributed by atoms with Crippen molar-refractivity contribution in [1.82, 2.24) is 9.21 Å². The molecule has 0 aliphatic carbocycles. The van der Waals surface area contributed by atoms with Gasteiger partial charge in [-0.1, -0.05) is 24.3 Å². The molecule has 0 N–H and O–H groups in total. The van der Waals surface area contributed by atoms with Crippen LogP contribution < -0.4 is 0 Å². The molecule has 126 valence electrons. The van der Waals surface area contributed by atoms with Crippen LogP contribution in [0, 0.1) is 0 Å². The van der Waals surface area contributed by atoms with Crippen LogP contribution in [0.25, 0.3) is 10.8 Å². The first-order valence-electron chi connectivity index (χ1n) is 7.28. The molecule has 0 atom stereocenters. The SMILES string of the molecule is CN(C)S(=O)(=O)OCCN1C(=O)c2cccc3cccc(c23)C1=O. The Labute approximate surface area is 139 Å². The van der Waals surface area contributed by atoms with Gasteiger partial charge in [0.15, 0.2) is 0 Å². The van der Waals surface area contributed by atoms with E-state index in [1.54, 1.807) is 24.3 Å². The Morgan fingerprint density at radius 1 is 1.00 bits per heavy atom. The fraction of sp³-hybridized carbons (Fsp3) is 0.250. The van der Waals surface area contributed by atoms with Crippen LogP contribution in [0.1, 0.15) is 20.7 Å². The molecule has 0 unspecified atom stereocenters. The zero-order chi connectivity index (χ0) is 17.5. The zero-order valence-electron chi connectivity index (χ0n) is 13.2. The highest BCUT2D eigenvalue weighted by molar-refractivity contribution is 7.84. The standard InChI is InChI=1S/C16H16N2O5S/c1-17(2)24(21,22)23-10-9-18-15(19)12-7-3-5-11-6-4-8-13(14(11)12)16(18)20/h3-8H,9-10H2,1-2H3. The van der Waals surface area contributed by atoms with E-state index >= 15 is 0 Å². The van der Waals surface area contributed by atoms with Gasteiger partial charge >= 0.3 is 10.3 Å². The van der Waals surface area contributed by atoms with Crippen molar-refractivity contribution in [3.63, 3.8) is 0 Å². The highest BCUT2D eigenvalue weighted by Crippen LogP contribution is 2.29. The van der Waals surface area contributed by atoms with Crippen molar-refractivity contribution in [2.24, 2.45) is 0 Å². The third-order valence-corrected chi connectivity index (χ3v) is 5.21. The minimum Gasteiger partial charge on any atom is -0.272 e. The van der Waals surface area contributed by atoms with E-state index in [-0.39, 0.29) is 13.2 Å². The monoisotopic (exact) mass is 348 g/mol. The Balaban J connectivity index is 1.88. The molecule has 2 aromatic carbocycles. The summed E-state index contributed by atoms with van der Waals surface area (Å²) in [7, 11) is -1.18. The molecule has 0 aromatic heterocycles. The van der Waals surface area contributed by atoms with Crippen LogP contribution in [0.5, 0.6) is 0 Å². The lowest BCUT2D eigenvalue weighted by molar-refractivity contribution is 0.0586. The third-order valence-electron chi connectivity index (χ3n) is 3.85. The third kappa shape index (κ3) is 2.68. The van der Waals surface area contributed by atoms with E-state index in [0.29, 0.717) is 16.5 Å². The molecular formula is C16H16N2O5S. The summed E-state index contributed by atoms with van der Waals surface area (Å²) >= 11 is 0. The summed E-state index contributed by atoms with van der Waals surface area (Å²) in [4.78, 5) is 26.2. The van der Waals surface area contributed by atoms with Crippen molar-refractivity contribution in [3.05, 3.63) is 47.5 Å². The molecule has 7 nitrogen and oxygen atoms in total. The second-order valence-corrected chi connectivity index (χ2v) is 7.35. The number of imide groups is 1. The second-order valence-electron chi connectivity index (χ2n) is 5.53. The van der Waals surface area contributed by atoms with E-state index < -0.39 is 22.1 Å². The molecular weight excluding hydrogens is 332 g/mol. The van der Waals surface area contributed by atoms with Gasteiger partial charge in [-0.3, -0.25) is 18.7 Å². The van der Waals surface area contributed by atoms with Crippen LogP contribution in [0.3, 0.4) is 0 Å². The van der Waals surface area contributed by atoms with Crippen molar-refractivity contribution >= 4 is 32.9 Å². The average Bonchev–Trinajstić information content (AvgIpc) is 2.55. The van der Waals surface area contributed by atoms with Crippen LogP contribution in [-0.4, -0.2) is 56.7 Å². The molecule has 24 heavy (non-hydrogen) atoms. The van der Waals surface area contributed by atoms with Gasteiger partial charge < -0.3 is 0 Å². The van der Waals surface area contributed by atoms with Gasteiger partial charge in [0, 0.05) is 30.6 Å². The summed E-state index contributed by atoms with van der Waals surface area (Å²) in [6, 6.07) is 10.5. The van der Waals surface area contributed by atoms with E-state index in [2.05, 4.69) is 0 Å². The summed E-state index contributed by atoms with van der Waals surface area (Å²) < 4.78 is 28.9. The van der Waals surface area contributed by atoms with Gasteiger partial charge in [-0.25, -0.2) is 0 Å². The van der Waals surface area contributed by atoms with Gasteiger partial charge in [-0.05, 0) is 17.5 Å². The lowest BCUT2D eigenvalue weighted by Crippen LogP contribution is -2.42. The van der Waals surface area contributed by atoms with Crippen molar-refractivity contribution < 1.29 is 22.2 Å². The van der Waals surface area contributed by atoms with Gasteiger partial charge in [0.05, 0.1) is 13.2 Å². The van der Waals surface area contributed by atoms with E-state index in [0.717, 1.165) is 14.6 Å². The smallest absolute Gasteiger partial charge is 0.272 e. The largest absolute Gasteiger partial charge is 0.337 e. The van der Waals surface area contributed by atoms with Gasteiger partial charge in [0.2, 0.25) is 0 Å². The molecule has 1 aliphatic rings. The molecule has 0 spiro atoms. The first kappa shape index (κ1) is 16.6. The molecule has 8 heteroatoms. The molecule has 1 aliphatic heterocycles. The highest BCUT2D eigenvalue weighted by atomic mass is 32.2. The Hall–Kier alpha value is -2.29. The molecule has 0 saturated heterocycles. The van der Waals surface area contributed by atoms with Crippen LogP contribution in [0.2, 0.25) is 0 Å². The maximum atomic E-state index is 12.6. The predicted molar refractivity (Wildman–Crippen MR) is 87.9 cm³/mol. The first-order chi connectivity index (χ1) is 11.3. The van der Waals surface area contributed by atoms with Crippen LogP contribution in [0.4, 0.5) is 0 Å². The van der Waals surface area contributed by atoms with Crippen LogP contribution in [-0.2, 0) is 14.5 Å². The number of amides is 2. The minimum absolute atomic E-state index is 0.143. The number of benzene rings is 2. The van der Waals surface area contributed by atoms with Gasteiger partial charge in [-0.15, -0.1) is 0 Å². The highest BCUT2D eigenvalue weighted by Gasteiger charge is 2.32. The summed E-state index contributed by atoms with van der Waals surface area (Å²) in [6.07, 6.45) is 0. The Bertz CT molecular complexity index is 886. The van der Waals surface area contributed by atoms with Gasteiger partial charge in [0.1, 0.15) is 0 Å². The second kappa shape index (κ2) is 5.97. The first-order valence-corrected chi connectivity index (χ1v) is 8.64. The molecule has 0 saturated carbocycles. The fourth-order valence-electron chi connectivity index (χ4n) is 2.62. The van der Waals surface area contributed by atoms with Crippen molar-refractivity contribution in [1.29, 1.82) is 0 Å². The molecule has 1 heterocycles. The quantitative estimate of drug-likeness (QED) is 0.760. The number of hydrogen-bond acceptors (Lipinski definition) is 5. The maximum absolute atomic E-state index is 12.6. The zero-order valence-corrected chi connectivity index (χ0v) is 14.0. The van der Waals surface area contributed by atoms with Crippen molar-refractivity contribution in [3.8, 4) is 0 Å². The molecule has 0 bridgehead atoms. The van der Waals surface area contributed by atoms with E-state index in [9.17, 15) is 18.0 Å². The fourth-order valence-corrected chi connectivity index (χ4v) is 3.12. The number of rotatable bonds is 5. The summed E-state index contributed by atoms with van der Waals surface area (Å²) in [5.74, 6) is -0.898. The van der Waals surface area contributed by atoms with Gasteiger partial charge in [0.25, 0.3) is 11.8 Å². The normalized spacial score (nSPS) is 14.7. The molecule has 0 fully saturated rings. The predicted octanol–water partition coefficient (Wildman–Crippen LogP) is 1.26.